The first-order valence-corrected chi connectivity index (χ1v) is 10.1. The molecule has 0 aromatic heterocycles. The Balaban J connectivity index is 1.45. The van der Waals surface area contributed by atoms with Crippen LogP contribution in [-0.2, 0) is 22.7 Å². The summed E-state index contributed by atoms with van der Waals surface area (Å²) in [6.07, 6.45) is 5.12. The molecule has 1 aromatic rings. The third-order valence-electron chi connectivity index (χ3n) is 6.33. The fraction of sp³-hybridized carbons (Fsp3) is 0.571. The number of nitrogens with one attached hydrogen (secondary N) is 1. The van der Waals surface area contributed by atoms with Gasteiger partial charge in [0.1, 0.15) is 6.04 Å². The number of carbonyl (C=O) groups excluding carboxylic acids is 3. The maximum Gasteiger partial charge on any atom is 0.255 e. The van der Waals surface area contributed by atoms with E-state index in [1.807, 2.05) is 12.1 Å². The molecule has 0 radical (unpaired) electrons. The molecule has 150 valence electrons. The molecule has 3 amide bonds. The number of rotatable bonds is 4. The van der Waals surface area contributed by atoms with E-state index in [0.29, 0.717) is 24.6 Å². The van der Waals surface area contributed by atoms with Gasteiger partial charge < -0.3 is 10.6 Å². The van der Waals surface area contributed by atoms with Crippen molar-refractivity contribution in [1.82, 2.24) is 15.1 Å². The van der Waals surface area contributed by atoms with Gasteiger partial charge in [-0.3, -0.25) is 24.6 Å². The van der Waals surface area contributed by atoms with E-state index < -0.39 is 6.04 Å². The summed E-state index contributed by atoms with van der Waals surface area (Å²) in [6.45, 7) is 1.20. The Bertz CT molecular complexity index is 809. The van der Waals surface area contributed by atoms with E-state index in [-0.39, 0.29) is 30.2 Å². The quantitative estimate of drug-likeness (QED) is 0.759. The van der Waals surface area contributed by atoms with Gasteiger partial charge in [-0.15, -0.1) is 0 Å². The lowest BCUT2D eigenvalue weighted by atomic mass is 9.90. The monoisotopic (exact) mass is 384 g/mol. The summed E-state index contributed by atoms with van der Waals surface area (Å²) >= 11 is 0. The van der Waals surface area contributed by atoms with Crippen LogP contribution in [-0.4, -0.2) is 52.7 Å². The Hall–Kier alpha value is -2.25. The van der Waals surface area contributed by atoms with Crippen LogP contribution in [0, 0.1) is 0 Å². The summed E-state index contributed by atoms with van der Waals surface area (Å²) in [6, 6.07) is 6.22. The summed E-state index contributed by atoms with van der Waals surface area (Å²) in [5, 5.41) is 2.34. The topological polar surface area (TPSA) is 95.7 Å². The molecule has 4 rings (SSSR count). The molecule has 1 saturated carbocycles. The summed E-state index contributed by atoms with van der Waals surface area (Å²) in [7, 11) is 2.12. The number of nitrogens with two attached hydrogens (primary N) is 1. The first kappa shape index (κ1) is 19.1. The Morgan fingerprint density at radius 2 is 2.04 bits per heavy atom. The van der Waals surface area contributed by atoms with E-state index >= 15 is 0 Å². The van der Waals surface area contributed by atoms with Crippen LogP contribution < -0.4 is 11.1 Å². The molecule has 3 unspecified atom stereocenters. The zero-order valence-corrected chi connectivity index (χ0v) is 16.3. The van der Waals surface area contributed by atoms with Crippen LogP contribution in [0.2, 0.25) is 0 Å². The van der Waals surface area contributed by atoms with Crippen LogP contribution in [0.4, 0.5) is 0 Å². The molecule has 2 aliphatic heterocycles. The van der Waals surface area contributed by atoms with Crippen molar-refractivity contribution in [2.45, 2.75) is 69.7 Å². The van der Waals surface area contributed by atoms with Gasteiger partial charge in [-0.2, -0.15) is 0 Å². The number of hydrogen-bond acceptors (Lipinski definition) is 5. The smallest absolute Gasteiger partial charge is 0.255 e. The standard InChI is InChI=1S/C21H28N4O3/c1-24(16-4-2-3-15(22)10-16)11-13-5-6-14-12-25(21(28)17(14)9-13)18-7-8-19(26)23-20(18)27/h5-6,9,15-16,18H,2-4,7-8,10-12,22H2,1H3,(H,23,26,27). The lowest BCUT2D eigenvalue weighted by Crippen LogP contribution is -2.52. The van der Waals surface area contributed by atoms with E-state index in [1.54, 1.807) is 4.90 Å². The third-order valence-corrected chi connectivity index (χ3v) is 6.33. The highest BCUT2D eigenvalue weighted by Crippen LogP contribution is 2.29. The largest absolute Gasteiger partial charge is 0.328 e. The first-order chi connectivity index (χ1) is 13.4. The number of hydrogen-bond donors (Lipinski definition) is 2. The van der Waals surface area contributed by atoms with E-state index in [2.05, 4.69) is 23.3 Å². The molecule has 1 aliphatic carbocycles. The predicted molar refractivity (Wildman–Crippen MR) is 104 cm³/mol. The lowest BCUT2D eigenvalue weighted by molar-refractivity contribution is -0.136. The average molecular weight is 384 g/mol. The molecular formula is C21H28N4O3. The minimum absolute atomic E-state index is 0.117. The number of piperidine rings is 1. The second-order valence-electron chi connectivity index (χ2n) is 8.39. The maximum absolute atomic E-state index is 12.9. The normalized spacial score (nSPS) is 27.9. The van der Waals surface area contributed by atoms with Crippen LogP contribution >= 0.6 is 0 Å². The van der Waals surface area contributed by atoms with Gasteiger partial charge in [0.25, 0.3) is 5.91 Å². The van der Waals surface area contributed by atoms with Crippen molar-refractivity contribution in [3.05, 3.63) is 34.9 Å². The van der Waals surface area contributed by atoms with Crippen LogP contribution in [0.15, 0.2) is 18.2 Å². The van der Waals surface area contributed by atoms with Gasteiger partial charge >= 0.3 is 0 Å². The molecule has 2 heterocycles. The Morgan fingerprint density at radius 3 is 2.79 bits per heavy atom. The minimum Gasteiger partial charge on any atom is -0.328 e. The molecule has 1 saturated heterocycles. The van der Waals surface area contributed by atoms with E-state index in [1.165, 1.54) is 6.42 Å². The summed E-state index contributed by atoms with van der Waals surface area (Å²) in [5.41, 5.74) is 8.84. The second kappa shape index (κ2) is 7.64. The minimum atomic E-state index is -0.563. The first-order valence-electron chi connectivity index (χ1n) is 10.1. The van der Waals surface area contributed by atoms with Crippen molar-refractivity contribution >= 4 is 17.7 Å². The third kappa shape index (κ3) is 3.69. The van der Waals surface area contributed by atoms with Crippen LogP contribution in [0.3, 0.4) is 0 Å². The molecule has 0 bridgehead atoms. The van der Waals surface area contributed by atoms with Gasteiger partial charge in [-0.25, -0.2) is 0 Å². The van der Waals surface area contributed by atoms with Crippen molar-refractivity contribution in [1.29, 1.82) is 0 Å². The van der Waals surface area contributed by atoms with Crippen molar-refractivity contribution in [3.8, 4) is 0 Å². The molecule has 3 atom stereocenters. The number of carbonyl (C=O) groups is 3. The SMILES string of the molecule is CN(Cc1ccc2c(c1)C(=O)N(C1CCC(=O)NC1=O)C2)C1CCCC(N)C1. The fourth-order valence-corrected chi connectivity index (χ4v) is 4.72. The number of imide groups is 1. The molecule has 2 fully saturated rings. The Morgan fingerprint density at radius 1 is 1.21 bits per heavy atom. The molecule has 7 nitrogen and oxygen atoms in total. The molecule has 1 aromatic carbocycles. The van der Waals surface area contributed by atoms with Gasteiger partial charge in [-0.1, -0.05) is 18.6 Å². The summed E-state index contributed by atoms with van der Waals surface area (Å²) in [4.78, 5) is 40.4. The number of benzene rings is 1. The van der Waals surface area contributed by atoms with E-state index in [0.717, 1.165) is 36.9 Å². The second-order valence-corrected chi connectivity index (χ2v) is 8.39. The molecule has 0 spiro atoms. The highest BCUT2D eigenvalue weighted by atomic mass is 16.2. The van der Waals surface area contributed by atoms with Gasteiger partial charge in [0, 0.05) is 37.2 Å². The molecule has 7 heteroatoms. The lowest BCUT2D eigenvalue weighted by Gasteiger charge is -2.34. The average Bonchev–Trinajstić information content (AvgIpc) is 2.98. The molecular weight excluding hydrogens is 356 g/mol. The van der Waals surface area contributed by atoms with Gasteiger partial charge in [0.15, 0.2) is 0 Å². The van der Waals surface area contributed by atoms with Crippen LogP contribution in [0.5, 0.6) is 0 Å². The van der Waals surface area contributed by atoms with Crippen molar-refractivity contribution in [3.63, 3.8) is 0 Å². The molecule has 3 aliphatic rings. The van der Waals surface area contributed by atoms with Gasteiger partial charge in [0.05, 0.1) is 0 Å². The number of fused-ring (bicyclic) bond motifs is 1. The van der Waals surface area contributed by atoms with Crippen molar-refractivity contribution < 1.29 is 14.4 Å². The van der Waals surface area contributed by atoms with Crippen LogP contribution in [0.1, 0.15) is 60.0 Å². The Kier molecular flexibility index (Phi) is 5.21. The maximum atomic E-state index is 12.9. The van der Waals surface area contributed by atoms with E-state index in [9.17, 15) is 14.4 Å². The molecule has 28 heavy (non-hydrogen) atoms. The number of amides is 3. The predicted octanol–water partition coefficient (Wildman–Crippen LogP) is 1.15. The fourth-order valence-electron chi connectivity index (χ4n) is 4.72. The zero-order chi connectivity index (χ0) is 19.8. The van der Waals surface area contributed by atoms with Gasteiger partial charge in [0.2, 0.25) is 11.8 Å². The summed E-state index contributed by atoms with van der Waals surface area (Å²) in [5.74, 6) is -0.752. The van der Waals surface area contributed by atoms with Crippen molar-refractivity contribution in [2.24, 2.45) is 5.73 Å². The Labute approximate surface area is 165 Å². The van der Waals surface area contributed by atoms with E-state index in [4.69, 9.17) is 5.73 Å². The highest BCUT2D eigenvalue weighted by Gasteiger charge is 2.39. The van der Waals surface area contributed by atoms with Crippen LogP contribution in [0.25, 0.3) is 0 Å². The molecule has 3 N–H and O–H groups in total. The van der Waals surface area contributed by atoms with Crippen molar-refractivity contribution in [2.75, 3.05) is 7.05 Å². The van der Waals surface area contributed by atoms with Gasteiger partial charge in [-0.05, 0) is 49.9 Å². The number of nitrogens with zero attached hydrogens (tertiary/aromatic N) is 2. The highest BCUT2D eigenvalue weighted by molar-refractivity contribution is 6.05. The zero-order valence-electron chi connectivity index (χ0n) is 16.3. The summed E-state index contributed by atoms with van der Waals surface area (Å²) < 4.78 is 0.